The number of halogens is 1. The molecule has 0 aromatic heterocycles. The Labute approximate surface area is 198 Å². The van der Waals surface area contributed by atoms with E-state index < -0.39 is 0 Å². The Bertz CT molecular complexity index is 663. The Morgan fingerprint density at radius 1 is 1.23 bits per heavy atom. The standard InChI is InChI=1S/C23H37N3O3.HI/c1-4-24-22(25-12-7-13-28-17-18-10-14-27-15-11-18)26-20-16-23(2,3)29-21-9-6-5-8-19(20)21;/h5-6,8-9,18,20H,4,7,10-17H2,1-3H3,(H2,24,25,26);1H. The van der Waals surface area contributed by atoms with Crippen molar-refractivity contribution in [2.75, 3.05) is 39.5 Å². The molecule has 1 aromatic carbocycles. The Balaban J connectivity index is 0.00000320. The number of guanidine groups is 1. The van der Waals surface area contributed by atoms with Crippen molar-refractivity contribution in [1.29, 1.82) is 0 Å². The molecule has 0 spiro atoms. The molecule has 1 unspecified atom stereocenters. The van der Waals surface area contributed by atoms with E-state index in [4.69, 9.17) is 19.2 Å². The highest BCUT2D eigenvalue weighted by Gasteiger charge is 2.33. The van der Waals surface area contributed by atoms with Gasteiger partial charge in [-0.1, -0.05) is 18.2 Å². The maximum absolute atomic E-state index is 6.14. The molecule has 170 valence electrons. The fourth-order valence-corrected chi connectivity index (χ4v) is 3.94. The maximum Gasteiger partial charge on any atom is 0.191 e. The topological polar surface area (TPSA) is 64.1 Å². The van der Waals surface area contributed by atoms with Gasteiger partial charge in [-0.05, 0) is 52.0 Å². The molecule has 0 amide bonds. The molecule has 1 aromatic rings. The van der Waals surface area contributed by atoms with Crippen LogP contribution in [0.2, 0.25) is 0 Å². The number of nitrogens with one attached hydrogen (secondary N) is 2. The summed E-state index contributed by atoms with van der Waals surface area (Å²) in [6.45, 7) is 11.3. The van der Waals surface area contributed by atoms with Gasteiger partial charge < -0.3 is 24.8 Å². The number of para-hydroxylation sites is 1. The third-order valence-corrected chi connectivity index (χ3v) is 5.44. The van der Waals surface area contributed by atoms with Gasteiger partial charge in [0.05, 0.1) is 6.04 Å². The van der Waals surface area contributed by atoms with Crippen LogP contribution in [-0.4, -0.2) is 51.1 Å². The minimum atomic E-state index is -0.207. The van der Waals surface area contributed by atoms with E-state index in [-0.39, 0.29) is 35.6 Å². The molecule has 1 saturated heterocycles. The van der Waals surface area contributed by atoms with Crippen LogP contribution < -0.4 is 15.4 Å². The Kier molecular flexibility index (Phi) is 10.7. The highest BCUT2D eigenvalue weighted by atomic mass is 127. The molecule has 3 rings (SSSR count). The van der Waals surface area contributed by atoms with E-state index in [1.54, 1.807) is 0 Å². The summed E-state index contributed by atoms with van der Waals surface area (Å²) in [5.41, 5.74) is 0.985. The van der Waals surface area contributed by atoms with Crippen LogP contribution in [0.4, 0.5) is 0 Å². The molecule has 2 aliphatic rings. The van der Waals surface area contributed by atoms with Gasteiger partial charge in [0.1, 0.15) is 11.4 Å². The molecule has 2 aliphatic heterocycles. The van der Waals surface area contributed by atoms with Gasteiger partial charge >= 0.3 is 0 Å². The first-order chi connectivity index (χ1) is 14.1. The summed E-state index contributed by atoms with van der Waals surface area (Å²) in [5.74, 6) is 2.47. The molecule has 0 bridgehead atoms. The quantitative estimate of drug-likeness (QED) is 0.227. The highest BCUT2D eigenvalue weighted by Crippen LogP contribution is 2.39. The van der Waals surface area contributed by atoms with E-state index in [1.807, 2.05) is 12.1 Å². The van der Waals surface area contributed by atoms with Crippen LogP contribution in [0.1, 0.15) is 58.1 Å². The molecule has 0 radical (unpaired) electrons. The number of hydrogen-bond donors (Lipinski definition) is 2. The van der Waals surface area contributed by atoms with Gasteiger partial charge in [0, 0.05) is 51.5 Å². The van der Waals surface area contributed by atoms with Crippen LogP contribution in [0.15, 0.2) is 29.3 Å². The normalized spacial score (nSPS) is 21.2. The van der Waals surface area contributed by atoms with Crippen LogP contribution >= 0.6 is 24.0 Å². The molecular formula is C23H38IN3O3. The second-order valence-electron chi connectivity index (χ2n) is 8.55. The van der Waals surface area contributed by atoms with Gasteiger partial charge in [-0.15, -0.1) is 24.0 Å². The summed E-state index contributed by atoms with van der Waals surface area (Å²) in [7, 11) is 0. The van der Waals surface area contributed by atoms with Gasteiger partial charge in [-0.3, -0.25) is 4.99 Å². The molecule has 6 nitrogen and oxygen atoms in total. The summed E-state index contributed by atoms with van der Waals surface area (Å²) in [6.07, 6.45) is 4.06. The SMILES string of the molecule is CCNC(=NCCCOCC1CCOCC1)NC1CC(C)(C)Oc2ccccc21.I. The van der Waals surface area contributed by atoms with Gasteiger partial charge in [-0.25, -0.2) is 0 Å². The van der Waals surface area contributed by atoms with Gasteiger partial charge in [0.2, 0.25) is 0 Å². The van der Waals surface area contributed by atoms with Crippen LogP contribution in [0, 0.1) is 5.92 Å². The molecule has 30 heavy (non-hydrogen) atoms. The minimum absolute atomic E-state index is 0. The van der Waals surface area contributed by atoms with E-state index in [1.165, 1.54) is 5.56 Å². The summed E-state index contributed by atoms with van der Waals surface area (Å²) < 4.78 is 17.4. The molecular weight excluding hydrogens is 493 g/mol. The summed E-state index contributed by atoms with van der Waals surface area (Å²) in [6, 6.07) is 8.45. The zero-order valence-electron chi connectivity index (χ0n) is 18.6. The molecule has 0 saturated carbocycles. The fraction of sp³-hybridized carbons (Fsp3) is 0.696. The minimum Gasteiger partial charge on any atom is -0.487 e. The number of benzene rings is 1. The third kappa shape index (κ3) is 7.89. The van der Waals surface area contributed by atoms with Gasteiger partial charge in [0.25, 0.3) is 0 Å². The Morgan fingerprint density at radius 2 is 2.00 bits per heavy atom. The lowest BCUT2D eigenvalue weighted by atomic mass is 9.90. The van der Waals surface area contributed by atoms with E-state index in [2.05, 4.69) is 43.5 Å². The predicted octanol–water partition coefficient (Wildman–Crippen LogP) is 4.30. The largest absolute Gasteiger partial charge is 0.487 e. The predicted molar refractivity (Wildman–Crippen MR) is 132 cm³/mol. The number of nitrogens with zero attached hydrogens (tertiary/aromatic N) is 1. The van der Waals surface area contributed by atoms with E-state index in [0.29, 0.717) is 5.92 Å². The van der Waals surface area contributed by atoms with Crippen LogP contribution in [0.5, 0.6) is 5.75 Å². The van der Waals surface area contributed by atoms with Crippen molar-refractivity contribution in [2.45, 2.75) is 58.1 Å². The fourth-order valence-electron chi connectivity index (χ4n) is 3.94. The first-order valence-corrected chi connectivity index (χ1v) is 11.1. The second kappa shape index (κ2) is 12.7. The van der Waals surface area contributed by atoms with Gasteiger partial charge in [0.15, 0.2) is 5.96 Å². The van der Waals surface area contributed by atoms with Crippen molar-refractivity contribution in [3.8, 4) is 5.75 Å². The number of ether oxygens (including phenoxy) is 3. The van der Waals surface area contributed by atoms with E-state index >= 15 is 0 Å². The number of fused-ring (bicyclic) bond motifs is 1. The van der Waals surface area contributed by atoms with Crippen molar-refractivity contribution >= 4 is 29.9 Å². The lowest BCUT2D eigenvalue weighted by molar-refractivity contribution is 0.0205. The Hall–Kier alpha value is -1.06. The van der Waals surface area contributed by atoms with Crippen LogP contribution in [0.3, 0.4) is 0 Å². The first kappa shape index (κ1) is 25.2. The zero-order valence-corrected chi connectivity index (χ0v) is 20.9. The number of aliphatic imine (C=N–C) groups is 1. The van der Waals surface area contributed by atoms with Gasteiger partial charge in [-0.2, -0.15) is 0 Å². The second-order valence-corrected chi connectivity index (χ2v) is 8.55. The van der Waals surface area contributed by atoms with Crippen LogP contribution in [0.25, 0.3) is 0 Å². The average molecular weight is 531 g/mol. The molecule has 2 heterocycles. The summed E-state index contributed by atoms with van der Waals surface area (Å²) in [5, 5.41) is 6.99. The molecule has 7 heteroatoms. The number of rotatable bonds is 8. The van der Waals surface area contributed by atoms with E-state index in [0.717, 1.165) is 76.9 Å². The van der Waals surface area contributed by atoms with Crippen molar-refractivity contribution < 1.29 is 14.2 Å². The van der Waals surface area contributed by atoms with Crippen molar-refractivity contribution in [1.82, 2.24) is 10.6 Å². The lowest BCUT2D eigenvalue weighted by Crippen LogP contribution is -2.45. The van der Waals surface area contributed by atoms with Crippen molar-refractivity contribution in [3.63, 3.8) is 0 Å². The number of hydrogen-bond acceptors (Lipinski definition) is 4. The monoisotopic (exact) mass is 531 g/mol. The maximum atomic E-state index is 6.14. The molecule has 2 N–H and O–H groups in total. The summed E-state index contributed by atoms with van der Waals surface area (Å²) in [4.78, 5) is 4.77. The van der Waals surface area contributed by atoms with Crippen molar-refractivity contribution in [3.05, 3.63) is 29.8 Å². The lowest BCUT2D eigenvalue weighted by Gasteiger charge is -2.38. The molecule has 1 atom stereocenters. The average Bonchev–Trinajstić information content (AvgIpc) is 2.70. The first-order valence-electron chi connectivity index (χ1n) is 11.1. The highest BCUT2D eigenvalue weighted by molar-refractivity contribution is 14.0. The van der Waals surface area contributed by atoms with Crippen molar-refractivity contribution in [2.24, 2.45) is 10.9 Å². The summed E-state index contributed by atoms with van der Waals surface area (Å²) >= 11 is 0. The molecule has 0 aliphatic carbocycles. The zero-order chi connectivity index (χ0) is 20.5. The van der Waals surface area contributed by atoms with E-state index in [9.17, 15) is 0 Å². The van der Waals surface area contributed by atoms with Crippen LogP contribution in [-0.2, 0) is 9.47 Å². The smallest absolute Gasteiger partial charge is 0.191 e. The molecule has 1 fully saturated rings. The third-order valence-electron chi connectivity index (χ3n) is 5.44. The Morgan fingerprint density at radius 3 is 2.77 bits per heavy atom.